The number of hydrogen-bond acceptors (Lipinski definition) is 5. The van der Waals surface area contributed by atoms with Crippen LogP contribution in [0.5, 0.6) is 0 Å². The van der Waals surface area contributed by atoms with Gasteiger partial charge < -0.3 is 15.0 Å². The molecule has 2 amide bonds. The molecule has 0 fully saturated rings. The number of nitrogens with zero attached hydrogens (tertiary/aromatic N) is 1. The summed E-state index contributed by atoms with van der Waals surface area (Å²) in [6, 6.07) is 20.9. The lowest BCUT2D eigenvalue weighted by atomic mass is 10.1. The van der Waals surface area contributed by atoms with Gasteiger partial charge in [0.25, 0.3) is 11.8 Å². The second kappa shape index (κ2) is 10.0. The van der Waals surface area contributed by atoms with Crippen LogP contribution in [0.15, 0.2) is 66.7 Å². The van der Waals surface area contributed by atoms with E-state index in [0.29, 0.717) is 16.4 Å². The second-order valence-corrected chi connectivity index (χ2v) is 8.65. The van der Waals surface area contributed by atoms with E-state index in [9.17, 15) is 14.4 Å². The van der Waals surface area contributed by atoms with Gasteiger partial charge in [-0.15, -0.1) is 11.3 Å². The molecule has 3 aromatic carbocycles. The van der Waals surface area contributed by atoms with Crippen molar-refractivity contribution in [3.05, 3.63) is 76.6 Å². The van der Waals surface area contributed by atoms with Crippen LogP contribution in [0.1, 0.15) is 16.6 Å². The van der Waals surface area contributed by atoms with Crippen molar-refractivity contribution in [1.82, 2.24) is 5.32 Å². The molecule has 0 saturated heterocycles. The Morgan fingerprint density at radius 1 is 0.970 bits per heavy atom. The smallest absolute Gasteiger partial charge is 0.325 e. The largest absolute Gasteiger partial charge is 0.454 e. The fourth-order valence-corrected chi connectivity index (χ4v) is 5.02. The van der Waals surface area contributed by atoms with Crippen LogP contribution in [-0.4, -0.2) is 37.5 Å². The topological polar surface area (TPSA) is 75.7 Å². The van der Waals surface area contributed by atoms with Gasteiger partial charge in [-0.05, 0) is 24.4 Å². The van der Waals surface area contributed by atoms with Crippen molar-refractivity contribution >= 4 is 67.3 Å². The molecule has 0 bridgehead atoms. The van der Waals surface area contributed by atoms with Crippen molar-refractivity contribution < 1.29 is 19.1 Å². The third-order valence-corrected chi connectivity index (χ3v) is 6.84. The Bertz CT molecular complexity index is 1350. The Morgan fingerprint density at radius 2 is 1.67 bits per heavy atom. The number of ether oxygens (including phenoxy) is 1. The molecule has 4 aromatic rings. The highest BCUT2D eigenvalue weighted by Gasteiger charge is 2.20. The van der Waals surface area contributed by atoms with E-state index in [1.165, 1.54) is 11.3 Å². The summed E-state index contributed by atoms with van der Waals surface area (Å²) < 4.78 is 6.00. The highest BCUT2D eigenvalue weighted by molar-refractivity contribution is 7.21. The molecule has 0 aliphatic carbocycles. The summed E-state index contributed by atoms with van der Waals surface area (Å²) in [4.78, 5) is 39.3. The number of nitrogens with one attached hydrogen (secondary N) is 1. The standard InChI is InChI=1S/C25H21ClN2O4S/c1-2-28(19-12-7-9-16-8-3-4-10-17(16)19)21(29)15-32-22(30)14-27-25(31)24-23(26)18-11-5-6-13-20(18)33-24/h3-13H,2,14-15H2,1H3,(H,27,31). The summed E-state index contributed by atoms with van der Waals surface area (Å²) in [5.41, 5.74) is 0.754. The fourth-order valence-electron chi connectivity index (χ4n) is 3.59. The number of likely N-dealkylation sites (N-methyl/N-ethyl adjacent to an activating group) is 1. The van der Waals surface area contributed by atoms with Crippen molar-refractivity contribution in [1.29, 1.82) is 0 Å². The first kappa shape index (κ1) is 22.8. The van der Waals surface area contributed by atoms with Gasteiger partial charge in [0.15, 0.2) is 6.61 Å². The molecule has 0 aliphatic rings. The van der Waals surface area contributed by atoms with Gasteiger partial charge in [-0.1, -0.05) is 66.2 Å². The van der Waals surface area contributed by atoms with Gasteiger partial charge >= 0.3 is 5.97 Å². The summed E-state index contributed by atoms with van der Waals surface area (Å²) in [6.07, 6.45) is 0. The number of esters is 1. The van der Waals surface area contributed by atoms with E-state index < -0.39 is 18.5 Å². The van der Waals surface area contributed by atoms with E-state index in [1.807, 2.05) is 73.7 Å². The molecule has 8 heteroatoms. The molecule has 1 heterocycles. The third-order valence-electron chi connectivity index (χ3n) is 5.17. The monoisotopic (exact) mass is 480 g/mol. The first-order valence-electron chi connectivity index (χ1n) is 10.4. The van der Waals surface area contributed by atoms with Gasteiger partial charge in [0.05, 0.1) is 10.7 Å². The van der Waals surface area contributed by atoms with E-state index in [1.54, 1.807) is 4.90 Å². The average molecular weight is 481 g/mol. The molecule has 168 valence electrons. The molecule has 4 rings (SSSR count). The quantitative estimate of drug-likeness (QED) is 0.376. The highest BCUT2D eigenvalue weighted by Crippen LogP contribution is 2.35. The minimum atomic E-state index is -0.706. The molecular formula is C25H21ClN2O4S. The maximum atomic E-state index is 12.8. The van der Waals surface area contributed by atoms with Gasteiger partial charge in [0.1, 0.15) is 11.4 Å². The molecular weight excluding hydrogens is 460 g/mol. The number of carbonyl (C=O) groups excluding carboxylic acids is 3. The lowest BCUT2D eigenvalue weighted by Crippen LogP contribution is -2.36. The zero-order valence-corrected chi connectivity index (χ0v) is 19.4. The van der Waals surface area contributed by atoms with Crippen LogP contribution in [0, 0.1) is 0 Å². The van der Waals surface area contributed by atoms with E-state index in [0.717, 1.165) is 26.5 Å². The summed E-state index contributed by atoms with van der Waals surface area (Å²) in [5.74, 6) is -1.51. The number of benzene rings is 3. The average Bonchev–Trinajstić information content (AvgIpc) is 3.18. The molecule has 33 heavy (non-hydrogen) atoms. The number of hydrogen-bond donors (Lipinski definition) is 1. The van der Waals surface area contributed by atoms with Crippen LogP contribution < -0.4 is 10.2 Å². The molecule has 6 nitrogen and oxygen atoms in total. The predicted molar refractivity (Wildman–Crippen MR) is 132 cm³/mol. The zero-order valence-electron chi connectivity index (χ0n) is 17.8. The summed E-state index contributed by atoms with van der Waals surface area (Å²) in [7, 11) is 0. The first-order chi connectivity index (χ1) is 16.0. The molecule has 1 aromatic heterocycles. The number of rotatable bonds is 7. The molecule has 1 N–H and O–H groups in total. The van der Waals surface area contributed by atoms with Crippen molar-refractivity contribution in [3.8, 4) is 0 Å². The SMILES string of the molecule is CCN(C(=O)COC(=O)CNC(=O)c1sc2ccccc2c1Cl)c1cccc2ccccc12. The highest BCUT2D eigenvalue weighted by atomic mass is 35.5. The number of anilines is 1. The number of carbonyl (C=O) groups is 3. The zero-order chi connectivity index (χ0) is 23.4. The Balaban J connectivity index is 1.35. The lowest BCUT2D eigenvalue weighted by molar-refractivity contribution is -0.146. The van der Waals surface area contributed by atoms with Gasteiger partial charge in [-0.2, -0.15) is 0 Å². The maximum absolute atomic E-state index is 12.8. The summed E-state index contributed by atoms with van der Waals surface area (Å²) >= 11 is 7.55. The number of amides is 2. The van der Waals surface area contributed by atoms with E-state index in [-0.39, 0.29) is 12.5 Å². The molecule has 0 aliphatic heterocycles. The van der Waals surface area contributed by atoms with Crippen LogP contribution in [0.4, 0.5) is 5.69 Å². The van der Waals surface area contributed by atoms with E-state index >= 15 is 0 Å². The van der Waals surface area contributed by atoms with Crippen molar-refractivity contribution in [2.75, 3.05) is 24.6 Å². The van der Waals surface area contributed by atoms with Gasteiger partial charge in [-0.3, -0.25) is 14.4 Å². The van der Waals surface area contributed by atoms with Crippen LogP contribution in [0.3, 0.4) is 0 Å². The Morgan fingerprint density at radius 3 is 2.42 bits per heavy atom. The Hall–Kier alpha value is -3.42. The normalized spacial score (nSPS) is 10.8. The predicted octanol–water partition coefficient (Wildman–Crippen LogP) is 5.03. The van der Waals surface area contributed by atoms with Crippen molar-refractivity contribution in [2.24, 2.45) is 0 Å². The molecule has 0 radical (unpaired) electrons. The minimum Gasteiger partial charge on any atom is -0.454 e. The van der Waals surface area contributed by atoms with Crippen LogP contribution in [0.25, 0.3) is 20.9 Å². The minimum absolute atomic E-state index is 0.329. The molecule has 0 unspecified atom stereocenters. The Labute approximate surface area is 199 Å². The van der Waals surface area contributed by atoms with Crippen LogP contribution in [-0.2, 0) is 14.3 Å². The number of fused-ring (bicyclic) bond motifs is 2. The fraction of sp³-hybridized carbons (Fsp3) is 0.160. The first-order valence-corrected chi connectivity index (χ1v) is 11.6. The van der Waals surface area contributed by atoms with Crippen LogP contribution >= 0.6 is 22.9 Å². The van der Waals surface area contributed by atoms with Crippen LogP contribution in [0.2, 0.25) is 5.02 Å². The van der Waals surface area contributed by atoms with Crippen molar-refractivity contribution in [2.45, 2.75) is 6.92 Å². The molecule has 0 spiro atoms. The molecule has 0 atom stereocenters. The van der Waals surface area contributed by atoms with Gasteiger partial charge in [-0.25, -0.2) is 0 Å². The second-order valence-electron chi connectivity index (χ2n) is 7.22. The lowest BCUT2D eigenvalue weighted by Gasteiger charge is -2.22. The number of thiophene rings is 1. The summed E-state index contributed by atoms with van der Waals surface area (Å²) in [5, 5.41) is 5.60. The number of halogens is 1. The third kappa shape index (κ3) is 4.84. The summed E-state index contributed by atoms with van der Waals surface area (Å²) in [6.45, 7) is 1.49. The maximum Gasteiger partial charge on any atom is 0.325 e. The Kier molecular flexibility index (Phi) is 6.91. The van der Waals surface area contributed by atoms with Crippen molar-refractivity contribution in [3.63, 3.8) is 0 Å². The van der Waals surface area contributed by atoms with E-state index in [2.05, 4.69) is 5.32 Å². The van der Waals surface area contributed by atoms with Gasteiger partial charge in [0.2, 0.25) is 0 Å². The van der Waals surface area contributed by atoms with E-state index in [4.69, 9.17) is 16.3 Å². The molecule has 0 saturated carbocycles. The van der Waals surface area contributed by atoms with Gasteiger partial charge in [0, 0.05) is 22.0 Å².